The first-order chi connectivity index (χ1) is 21.4. The quantitative estimate of drug-likeness (QED) is 0.156. The zero-order chi connectivity index (χ0) is 33.6. The van der Waals surface area contributed by atoms with Crippen LogP contribution in [-0.4, -0.2) is 4.21 Å². The predicted octanol–water partition coefficient (Wildman–Crippen LogP) is 13.1. The molecule has 1 atom stereocenters. The number of aryl methyl sites for hydroxylation is 4. The zero-order valence-electron chi connectivity index (χ0n) is 29.0. The van der Waals surface area contributed by atoms with Gasteiger partial charge in [0.2, 0.25) is 0 Å². The van der Waals surface area contributed by atoms with Crippen LogP contribution in [0.1, 0.15) is 73.9 Å². The fraction of sp³-hybridized carbons (Fsp3) is 0.310. The Morgan fingerprint density at radius 3 is 1.79 bits per heavy atom. The summed E-state index contributed by atoms with van der Waals surface area (Å²) in [6, 6.07) is 30.6. The van der Waals surface area contributed by atoms with Crippen LogP contribution in [0.25, 0.3) is 11.1 Å². The predicted molar refractivity (Wildman–Crippen MR) is 208 cm³/mol. The van der Waals surface area contributed by atoms with Gasteiger partial charge >= 0.3 is 28.4 Å². The molecule has 2 aliphatic rings. The third kappa shape index (κ3) is 15.1. The third-order valence-corrected chi connectivity index (χ3v) is 8.10. The molecule has 0 fully saturated rings. The van der Waals surface area contributed by atoms with Crippen LogP contribution in [0.3, 0.4) is 0 Å². The van der Waals surface area contributed by atoms with Crippen LogP contribution >= 0.6 is 48.0 Å². The van der Waals surface area contributed by atoms with Crippen molar-refractivity contribution in [1.29, 1.82) is 0 Å². The van der Waals surface area contributed by atoms with Crippen molar-refractivity contribution in [2.75, 3.05) is 0 Å². The van der Waals surface area contributed by atoms with Crippen LogP contribution in [-0.2, 0) is 30.7 Å². The van der Waals surface area contributed by atoms with Crippen molar-refractivity contribution in [1.82, 2.24) is 0 Å². The van der Waals surface area contributed by atoms with E-state index in [2.05, 4.69) is 114 Å². The molecule has 0 spiro atoms. The molecule has 2 aliphatic carbocycles. The van der Waals surface area contributed by atoms with Crippen molar-refractivity contribution >= 4 is 52.2 Å². The summed E-state index contributed by atoms with van der Waals surface area (Å²) in [7, 11) is 0. The van der Waals surface area contributed by atoms with Gasteiger partial charge in [0.1, 0.15) is 0 Å². The van der Waals surface area contributed by atoms with Crippen LogP contribution in [0.5, 0.6) is 0 Å². The number of allylic oxidation sites excluding steroid dienone is 4. The molecule has 0 radical (unpaired) electrons. The monoisotopic (exact) mass is 782 g/mol. The van der Waals surface area contributed by atoms with Crippen molar-refractivity contribution in [3.63, 3.8) is 0 Å². The summed E-state index contributed by atoms with van der Waals surface area (Å²) in [5.41, 5.74) is 12.8. The Kier molecular flexibility index (Phi) is 22.0. The van der Waals surface area contributed by atoms with Gasteiger partial charge in [-0.2, -0.15) is 119 Å². The molecule has 6 rings (SSSR count). The van der Waals surface area contributed by atoms with Crippen LogP contribution in [0.4, 0.5) is 0 Å². The van der Waals surface area contributed by atoms with Crippen LogP contribution in [0.15, 0.2) is 84.5 Å². The molecule has 0 bridgehead atoms. The summed E-state index contributed by atoms with van der Waals surface area (Å²) < 4.78 is 3.34. The van der Waals surface area contributed by atoms with Crippen molar-refractivity contribution in [3.8, 4) is 11.1 Å². The second kappa shape index (κ2) is 22.8. The van der Waals surface area contributed by atoms with E-state index in [1.807, 2.05) is 36.4 Å². The fourth-order valence-electron chi connectivity index (χ4n) is 4.84. The van der Waals surface area contributed by atoms with Gasteiger partial charge in [0, 0.05) is 0 Å². The molecule has 0 heterocycles. The number of fused-ring (bicyclic) bond motifs is 3. The van der Waals surface area contributed by atoms with E-state index in [9.17, 15) is 0 Å². The summed E-state index contributed by atoms with van der Waals surface area (Å²) in [5, 5.41) is 1.48. The molecule has 5 heteroatoms. The maximum absolute atomic E-state index is 5.51. The van der Waals surface area contributed by atoms with Gasteiger partial charge in [0.15, 0.2) is 0 Å². The van der Waals surface area contributed by atoms with Gasteiger partial charge in [-0.1, -0.05) is 93.5 Å². The number of hydrogen-bond acceptors (Lipinski definition) is 0. The van der Waals surface area contributed by atoms with Gasteiger partial charge < -0.3 is 0 Å². The Labute approximate surface area is 323 Å². The van der Waals surface area contributed by atoms with E-state index in [1.54, 1.807) is 12.1 Å². The fourth-order valence-corrected chi connectivity index (χ4v) is 5.12. The summed E-state index contributed by atoms with van der Waals surface area (Å²) in [6.07, 6.45) is 11.5. The first-order valence-electron chi connectivity index (χ1n) is 15.4. The Balaban J connectivity index is 0.000000620. The van der Waals surface area contributed by atoms with Crippen LogP contribution in [0, 0.1) is 63.3 Å². The van der Waals surface area contributed by atoms with E-state index in [0.29, 0.717) is 11.3 Å². The van der Waals surface area contributed by atoms with E-state index in [4.69, 9.17) is 23.2 Å². The molecule has 0 nitrogen and oxygen atoms in total. The molecular weight excluding hydrogens is 737 g/mol. The molecule has 0 saturated heterocycles. The minimum atomic E-state index is 0. The topological polar surface area (TPSA) is 0 Å². The van der Waals surface area contributed by atoms with E-state index in [-0.39, 0.29) is 24.8 Å². The molecular formula is C42H48Cl4Zr-4. The van der Waals surface area contributed by atoms with Crippen molar-refractivity contribution < 1.29 is 24.2 Å². The molecule has 4 aromatic carbocycles. The van der Waals surface area contributed by atoms with E-state index < -0.39 is 0 Å². The number of benzene rings is 4. The van der Waals surface area contributed by atoms with Gasteiger partial charge in [-0.25, -0.2) is 6.08 Å². The average Bonchev–Trinajstić information content (AvgIpc) is 3.62. The average molecular weight is 786 g/mol. The molecule has 0 N–H and O–H groups in total. The van der Waals surface area contributed by atoms with Crippen molar-refractivity contribution in [2.24, 2.45) is 11.3 Å². The van der Waals surface area contributed by atoms with E-state index in [1.165, 1.54) is 87.2 Å². The van der Waals surface area contributed by atoms with Crippen LogP contribution in [0.2, 0.25) is 10.0 Å². The Bertz CT molecular complexity index is 1460. The number of hydrogen-bond donors (Lipinski definition) is 0. The van der Waals surface area contributed by atoms with E-state index >= 15 is 0 Å². The van der Waals surface area contributed by atoms with Gasteiger partial charge in [0.25, 0.3) is 0 Å². The van der Waals surface area contributed by atoms with Gasteiger partial charge in [0.05, 0.1) is 0 Å². The molecule has 252 valence electrons. The third-order valence-electron chi connectivity index (χ3n) is 7.63. The Morgan fingerprint density at radius 2 is 1.36 bits per heavy atom. The van der Waals surface area contributed by atoms with Crippen molar-refractivity contribution in [3.05, 3.63) is 152 Å². The second-order valence-electron chi connectivity index (χ2n) is 12.3. The molecule has 4 aromatic rings. The summed E-state index contributed by atoms with van der Waals surface area (Å²) >= 11 is 12.3. The second-order valence-corrected chi connectivity index (χ2v) is 13.1. The standard InChI is InChI=1S/C17H17.C12H19.2C6H4Cl.CH2.2ClH.Zr/c1-10-5-14-9-15-6-11(2)13(4)8-17(15)16(14)7-12(10)3;1-5-6-10-7-8-11(9-10)12(2,3)4;2*7-6-4-2-1-3-5-6;;;;/h5,7-8H,9H2,1-4H3;8-10H,5-6H2,1-4H3;2*1-2,4-5H;1H2;2*1H;/q4*-1;;;;. The van der Waals surface area contributed by atoms with Gasteiger partial charge in [-0.15, -0.1) is 35.9 Å². The Hall–Kier alpha value is -1.73. The molecule has 0 aromatic heterocycles. The number of rotatable bonds is 2. The normalized spacial score (nSPS) is 13.0. The SMILES string of the molecule is CCCC1[C-]=CC(C(C)(C)C)=C1.Cc1[c-]c2c(cc1C)-c1cc(C)c(C)cc1C2.Cl.Cl.Clc1c[c-]ccc1.Clc1c[c-]ccc1.[CH2]=[Zr]. The molecule has 1 unspecified atom stereocenters. The zero-order valence-corrected chi connectivity index (χ0v) is 34.6. The first kappa shape index (κ1) is 45.3. The first-order valence-corrected chi connectivity index (χ1v) is 17.9. The number of halogens is 4. The van der Waals surface area contributed by atoms with Crippen LogP contribution < -0.4 is 0 Å². The molecule has 47 heavy (non-hydrogen) atoms. The van der Waals surface area contributed by atoms with Gasteiger partial charge in [-0.05, 0) is 37.0 Å². The summed E-state index contributed by atoms with van der Waals surface area (Å²) in [5.74, 6) is 0.587. The van der Waals surface area contributed by atoms with Crippen molar-refractivity contribution in [2.45, 2.75) is 74.7 Å². The maximum atomic E-state index is 5.51. The molecule has 0 saturated carbocycles. The minimum absolute atomic E-state index is 0. The summed E-state index contributed by atoms with van der Waals surface area (Å²) in [4.78, 5) is 0. The summed E-state index contributed by atoms with van der Waals surface area (Å²) in [6.45, 7) is 17.7. The molecule has 0 amide bonds. The van der Waals surface area contributed by atoms with E-state index in [0.717, 1.165) is 16.5 Å². The van der Waals surface area contributed by atoms with Gasteiger partial charge in [-0.3, -0.25) is 6.08 Å². The molecule has 0 aliphatic heterocycles. The Morgan fingerprint density at radius 1 is 0.830 bits per heavy atom.